The Labute approximate surface area is 89.6 Å². The minimum Gasteiger partial charge on any atom is -0.387 e. The van der Waals surface area contributed by atoms with E-state index in [1.165, 1.54) is 0 Å². The first-order valence-corrected chi connectivity index (χ1v) is 4.84. The molecule has 1 fully saturated rings. The molecule has 0 saturated carbocycles. The van der Waals surface area contributed by atoms with Crippen LogP contribution < -0.4 is 0 Å². The van der Waals surface area contributed by atoms with Crippen LogP contribution in [-0.2, 0) is 4.79 Å². The van der Waals surface area contributed by atoms with Crippen LogP contribution in [0.3, 0.4) is 0 Å². The molecular formula is C11H16N2O2. The van der Waals surface area contributed by atoms with E-state index >= 15 is 0 Å². The van der Waals surface area contributed by atoms with Gasteiger partial charge in [-0.15, -0.1) is 0 Å². The molecule has 0 spiro atoms. The largest absolute Gasteiger partial charge is 0.387 e. The highest BCUT2D eigenvalue weighted by Crippen LogP contribution is 2.13. The summed E-state index contributed by atoms with van der Waals surface area (Å²) < 4.78 is 0. The summed E-state index contributed by atoms with van der Waals surface area (Å²) in [5, 5.41) is 8.72. The Bertz CT molecular complexity index is 331. The molecule has 4 nitrogen and oxygen atoms in total. The average Bonchev–Trinajstić information content (AvgIpc) is 2.19. The quantitative estimate of drug-likeness (QED) is 0.727. The highest BCUT2D eigenvalue weighted by Gasteiger charge is 2.21. The molecule has 0 radical (unpaired) electrons. The molecule has 0 aromatic heterocycles. The normalized spacial score (nSPS) is 19.5. The number of allylic oxidation sites excluding steroid dienone is 1. The minimum absolute atomic E-state index is 0.259. The van der Waals surface area contributed by atoms with Crippen LogP contribution in [0.15, 0.2) is 29.4 Å². The van der Waals surface area contributed by atoms with E-state index in [1.807, 2.05) is 6.92 Å². The number of nitrogens with zero attached hydrogens (tertiary/aromatic N) is 2. The fourth-order valence-electron chi connectivity index (χ4n) is 1.50. The van der Waals surface area contributed by atoms with Crippen LogP contribution in [0, 0.1) is 0 Å². The molecule has 0 aliphatic carbocycles. The van der Waals surface area contributed by atoms with E-state index in [-0.39, 0.29) is 5.91 Å². The van der Waals surface area contributed by atoms with E-state index in [0.29, 0.717) is 19.5 Å². The summed E-state index contributed by atoms with van der Waals surface area (Å²) in [6.45, 7) is 9.99. The molecule has 82 valence electrons. The number of aliphatic hydroxyl groups excluding tert-OH is 1. The summed E-state index contributed by atoms with van der Waals surface area (Å²) in [4.78, 5) is 17.1. The third-order valence-corrected chi connectivity index (χ3v) is 2.22. The van der Waals surface area contributed by atoms with E-state index in [9.17, 15) is 4.79 Å². The Kier molecular flexibility index (Phi) is 3.80. The third-order valence-electron chi connectivity index (χ3n) is 2.22. The molecule has 1 N–H and O–H groups in total. The van der Waals surface area contributed by atoms with Crippen molar-refractivity contribution in [2.24, 2.45) is 4.99 Å². The van der Waals surface area contributed by atoms with Gasteiger partial charge < -0.3 is 10.0 Å². The maximum atomic E-state index is 11.2. The first kappa shape index (κ1) is 11.7. The lowest BCUT2D eigenvalue weighted by atomic mass is 10.0. The molecule has 0 aromatic rings. The maximum absolute atomic E-state index is 11.2. The van der Waals surface area contributed by atoms with Crippen molar-refractivity contribution in [2.75, 3.05) is 19.7 Å². The molecular weight excluding hydrogens is 192 g/mol. The van der Waals surface area contributed by atoms with Gasteiger partial charge in [0, 0.05) is 30.9 Å². The summed E-state index contributed by atoms with van der Waals surface area (Å²) >= 11 is 0. The second-order valence-electron chi connectivity index (χ2n) is 3.62. The maximum Gasteiger partial charge on any atom is 0.248 e. The van der Waals surface area contributed by atoms with Crippen molar-refractivity contribution in [1.82, 2.24) is 4.90 Å². The Morgan fingerprint density at radius 2 is 2.33 bits per heavy atom. The summed E-state index contributed by atoms with van der Waals surface area (Å²) in [5.41, 5.74) is 2.48. The predicted molar refractivity (Wildman–Crippen MR) is 59.7 cm³/mol. The number of carbonyl (C=O) groups is 1. The second kappa shape index (κ2) is 4.89. The van der Waals surface area contributed by atoms with Gasteiger partial charge in [-0.05, 0) is 12.5 Å². The molecule has 1 amide bonds. The van der Waals surface area contributed by atoms with Gasteiger partial charge in [-0.1, -0.05) is 13.2 Å². The molecule has 0 atom stereocenters. The summed E-state index contributed by atoms with van der Waals surface area (Å²) in [7, 11) is 0. The van der Waals surface area contributed by atoms with Crippen molar-refractivity contribution in [2.45, 2.75) is 13.3 Å². The zero-order valence-electron chi connectivity index (χ0n) is 8.99. The summed E-state index contributed by atoms with van der Waals surface area (Å²) in [6.07, 6.45) is 0.678. The number of aliphatic imine (C=N–C) groups is 1. The van der Waals surface area contributed by atoms with E-state index < -0.39 is 6.61 Å². The van der Waals surface area contributed by atoms with Gasteiger partial charge in [-0.2, -0.15) is 0 Å². The standard InChI is InChI=1S/C11H16N2O2/c1-8(2)12-10-4-5-13(6-9(10)3)11(15)7-14/h14H,1,3-7H2,2H3. The molecule has 15 heavy (non-hydrogen) atoms. The van der Waals surface area contributed by atoms with Crippen molar-refractivity contribution >= 4 is 11.6 Å². The van der Waals surface area contributed by atoms with Crippen LogP contribution in [0.2, 0.25) is 0 Å². The van der Waals surface area contributed by atoms with Crippen LogP contribution in [0.25, 0.3) is 0 Å². The van der Waals surface area contributed by atoms with Gasteiger partial charge in [-0.25, -0.2) is 0 Å². The van der Waals surface area contributed by atoms with Gasteiger partial charge in [0.15, 0.2) is 0 Å². The Hall–Kier alpha value is -1.42. The molecule has 1 aliphatic rings. The summed E-state index contributed by atoms with van der Waals surface area (Å²) in [6, 6.07) is 0. The lowest BCUT2D eigenvalue weighted by Gasteiger charge is -2.28. The van der Waals surface area contributed by atoms with E-state index in [4.69, 9.17) is 5.11 Å². The van der Waals surface area contributed by atoms with Crippen LogP contribution >= 0.6 is 0 Å². The van der Waals surface area contributed by atoms with Crippen LogP contribution in [0.5, 0.6) is 0 Å². The van der Waals surface area contributed by atoms with Crippen molar-refractivity contribution in [3.05, 3.63) is 24.4 Å². The van der Waals surface area contributed by atoms with E-state index in [2.05, 4.69) is 18.2 Å². The van der Waals surface area contributed by atoms with E-state index in [1.54, 1.807) is 4.90 Å². The van der Waals surface area contributed by atoms with Gasteiger partial charge >= 0.3 is 0 Å². The predicted octanol–water partition coefficient (Wildman–Crippen LogP) is 0.742. The number of piperidine rings is 1. The van der Waals surface area contributed by atoms with Crippen molar-refractivity contribution in [1.29, 1.82) is 0 Å². The molecule has 0 unspecified atom stereocenters. The Morgan fingerprint density at radius 3 is 2.80 bits per heavy atom. The first-order chi connectivity index (χ1) is 7.04. The number of carbonyl (C=O) groups excluding carboxylic acids is 1. The van der Waals surface area contributed by atoms with Gasteiger partial charge in [0.05, 0.1) is 0 Å². The SMILES string of the molecule is C=C(C)N=C1CCN(C(=O)CO)CC1=C. The lowest BCUT2D eigenvalue weighted by molar-refractivity contribution is -0.133. The van der Waals surface area contributed by atoms with Crippen molar-refractivity contribution < 1.29 is 9.90 Å². The monoisotopic (exact) mass is 208 g/mol. The zero-order valence-corrected chi connectivity index (χ0v) is 8.99. The Morgan fingerprint density at radius 1 is 1.67 bits per heavy atom. The second-order valence-corrected chi connectivity index (χ2v) is 3.62. The average molecular weight is 208 g/mol. The molecule has 0 bridgehead atoms. The van der Waals surface area contributed by atoms with Gasteiger partial charge in [0.25, 0.3) is 0 Å². The fraction of sp³-hybridized carbons (Fsp3) is 0.455. The third kappa shape index (κ3) is 3.02. The van der Waals surface area contributed by atoms with Crippen LogP contribution in [0.4, 0.5) is 0 Å². The number of aliphatic hydroxyl groups is 1. The zero-order chi connectivity index (χ0) is 11.4. The van der Waals surface area contributed by atoms with Crippen LogP contribution in [0.1, 0.15) is 13.3 Å². The highest BCUT2D eigenvalue weighted by atomic mass is 16.3. The molecule has 1 aliphatic heterocycles. The van der Waals surface area contributed by atoms with E-state index in [0.717, 1.165) is 17.0 Å². The first-order valence-electron chi connectivity index (χ1n) is 4.84. The number of rotatable bonds is 2. The smallest absolute Gasteiger partial charge is 0.248 e. The van der Waals surface area contributed by atoms with Crippen molar-refractivity contribution in [3.8, 4) is 0 Å². The molecule has 0 aromatic carbocycles. The fourth-order valence-corrected chi connectivity index (χ4v) is 1.50. The van der Waals surface area contributed by atoms with Gasteiger partial charge in [-0.3, -0.25) is 9.79 Å². The molecule has 4 heteroatoms. The van der Waals surface area contributed by atoms with Crippen LogP contribution in [-0.4, -0.2) is 41.3 Å². The topological polar surface area (TPSA) is 52.9 Å². The van der Waals surface area contributed by atoms with Crippen molar-refractivity contribution in [3.63, 3.8) is 0 Å². The lowest BCUT2D eigenvalue weighted by Crippen LogP contribution is -2.41. The summed E-state index contributed by atoms with van der Waals surface area (Å²) in [5.74, 6) is -0.259. The number of hydrogen-bond acceptors (Lipinski definition) is 3. The molecule has 1 heterocycles. The van der Waals surface area contributed by atoms with Gasteiger partial charge in [0.2, 0.25) is 5.91 Å². The molecule has 1 rings (SSSR count). The number of amides is 1. The number of likely N-dealkylation sites (tertiary alicyclic amines) is 1. The Balaban J connectivity index is 2.67. The van der Waals surface area contributed by atoms with Gasteiger partial charge in [0.1, 0.15) is 6.61 Å². The minimum atomic E-state index is -0.444. The molecule has 1 saturated heterocycles. The number of hydrogen-bond donors (Lipinski definition) is 1. The highest BCUT2D eigenvalue weighted by molar-refractivity contribution is 6.02.